The third-order valence-electron chi connectivity index (χ3n) is 8.34. The van der Waals surface area contributed by atoms with E-state index >= 15 is 0 Å². The SMILES string of the molecule is Cc1cc(OCCCc2c(C=O)n(CCCN(C)c3n[nH]c(C(=O)O)n3)c3c(-c4c(C)nn(C)c4C)c(Cl)ccc23)cc(C)c1Cl. The standard InChI is InChI=1S/C33H37Cl2N7O4/c1-18-15-22(16-19(2)29(18)35)46-14-7-9-23-24-10-11-25(34)28(27-20(3)39-41(6)21(27)4)30(24)42(26(23)17-43)13-8-12-40(5)33-36-31(32(44)45)37-38-33/h10-11,15-17H,7-9,12-14H2,1-6H3,(H,44,45)(H,36,37,38). The van der Waals surface area contributed by atoms with Crippen LogP contribution in [0, 0.1) is 27.7 Å². The number of nitrogens with zero attached hydrogens (tertiary/aromatic N) is 6. The second-order valence-corrected chi connectivity index (χ2v) is 12.3. The number of fused-ring (bicyclic) bond motifs is 1. The van der Waals surface area contributed by atoms with Crippen molar-refractivity contribution in [2.24, 2.45) is 7.05 Å². The largest absolute Gasteiger partial charge is 0.494 e. The summed E-state index contributed by atoms with van der Waals surface area (Å²) >= 11 is 13.3. The molecule has 2 N–H and O–H groups in total. The monoisotopic (exact) mass is 665 g/mol. The molecule has 0 aliphatic carbocycles. The Bertz CT molecular complexity index is 1920. The number of aromatic carboxylic acids is 1. The lowest BCUT2D eigenvalue weighted by molar-refractivity contribution is 0.0684. The first-order chi connectivity index (χ1) is 21.9. The quantitative estimate of drug-likeness (QED) is 0.104. The maximum atomic E-state index is 12.8. The van der Waals surface area contributed by atoms with Crippen LogP contribution in [0.5, 0.6) is 5.75 Å². The molecule has 0 radical (unpaired) electrons. The molecule has 13 heteroatoms. The Morgan fingerprint density at radius 1 is 1.11 bits per heavy atom. The van der Waals surface area contributed by atoms with Gasteiger partial charge in [0.25, 0.3) is 0 Å². The first-order valence-electron chi connectivity index (χ1n) is 15.0. The van der Waals surface area contributed by atoms with Gasteiger partial charge >= 0.3 is 5.97 Å². The lowest BCUT2D eigenvalue weighted by Crippen LogP contribution is -2.21. The van der Waals surface area contributed by atoms with Crippen LogP contribution in [-0.2, 0) is 20.0 Å². The lowest BCUT2D eigenvalue weighted by Gasteiger charge is -2.17. The van der Waals surface area contributed by atoms with Crippen LogP contribution < -0.4 is 9.64 Å². The van der Waals surface area contributed by atoms with Crippen LogP contribution in [0.1, 0.15) is 62.0 Å². The molecule has 2 aromatic carbocycles. The number of H-pyrrole nitrogens is 1. The minimum Gasteiger partial charge on any atom is -0.494 e. The molecule has 0 amide bonds. The number of halogens is 2. The summed E-state index contributed by atoms with van der Waals surface area (Å²) in [7, 11) is 3.70. The Balaban J connectivity index is 1.49. The molecule has 0 bridgehead atoms. The van der Waals surface area contributed by atoms with Crippen LogP contribution in [0.2, 0.25) is 10.0 Å². The summed E-state index contributed by atoms with van der Waals surface area (Å²) in [6.45, 7) is 9.35. The third-order valence-corrected chi connectivity index (χ3v) is 9.25. The van der Waals surface area contributed by atoms with Crippen LogP contribution in [0.15, 0.2) is 24.3 Å². The maximum absolute atomic E-state index is 12.8. The number of aldehydes is 1. The number of hydrogen-bond acceptors (Lipinski definition) is 7. The first-order valence-corrected chi connectivity index (χ1v) is 15.7. The summed E-state index contributed by atoms with van der Waals surface area (Å²) in [6, 6.07) is 7.74. The predicted molar refractivity (Wildman–Crippen MR) is 180 cm³/mol. The van der Waals surface area contributed by atoms with E-state index in [-0.39, 0.29) is 11.8 Å². The van der Waals surface area contributed by atoms with Gasteiger partial charge < -0.3 is 19.3 Å². The van der Waals surface area contributed by atoms with Gasteiger partial charge in [-0.05, 0) is 81.8 Å². The van der Waals surface area contributed by atoms with E-state index in [1.54, 1.807) is 11.9 Å². The Hall–Kier alpha value is -4.35. The number of benzene rings is 2. The van der Waals surface area contributed by atoms with Crippen molar-refractivity contribution in [3.05, 3.63) is 73.9 Å². The van der Waals surface area contributed by atoms with Gasteiger partial charge in [0.2, 0.25) is 11.8 Å². The van der Waals surface area contributed by atoms with Crippen molar-refractivity contribution in [3.8, 4) is 16.9 Å². The number of ether oxygens (including phenoxy) is 1. The topological polar surface area (TPSA) is 131 Å². The average Bonchev–Trinajstić information content (AvgIpc) is 3.69. The van der Waals surface area contributed by atoms with Crippen LogP contribution in [-0.4, -0.2) is 67.1 Å². The number of aromatic nitrogens is 6. The number of aryl methyl sites for hydroxylation is 6. The van der Waals surface area contributed by atoms with Crippen molar-refractivity contribution in [1.29, 1.82) is 0 Å². The van der Waals surface area contributed by atoms with Gasteiger partial charge in [-0.25, -0.2) is 4.79 Å². The molecule has 0 unspecified atom stereocenters. The molecule has 242 valence electrons. The molecular weight excluding hydrogens is 629 g/mol. The molecule has 3 aromatic heterocycles. The molecule has 46 heavy (non-hydrogen) atoms. The van der Waals surface area contributed by atoms with Crippen molar-refractivity contribution < 1.29 is 19.4 Å². The second-order valence-electron chi connectivity index (χ2n) is 11.5. The number of carbonyl (C=O) groups excluding carboxylic acids is 1. The smallest absolute Gasteiger partial charge is 0.373 e. The fourth-order valence-corrected chi connectivity index (χ4v) is 6.38. The fourth-order valence-electron chi connectivity index (χ4n) is 6.03. The molecular formula is C33H37Cl2N7O4. The number of anilines is 1. The average molecular weight is 667 g/mol. The van der Waals surface area contributed by atoms with E-state index in [0.717, 1.165) is 67.2 Å². The van der Waals surface area contributed by atoms with Crippen molar-refractivity contribution in [2.75, 3.05) is 25.1 Å². The van der Waals surface area contributed by atoms with Crippen LogP contribution >= 0.6 is 23.2 Å². The van der Waals surface area contributed by atoms with Gasteiger partial charge in [0.15, 0.2) is 6.29 Å². The highest BCUT2D eigenvalue weighted by molar-refractivity contribution is 6.35. The highest BCUT2D eigenvalue weighted by atomic mass is 35.5. The number of rotatable bonds is 13. The van der Waals surface area contributed by atoms with Gasteiger partial charge in [0.1, 0.15) is 5.75 Å². The van der Waals surface area contributed by atoms with Gasteiger partial charge in [-0.1, -0.05) is 29.3 Å². The summed E-state index contributed by atoms with van der Waals surface area (Å²) in [4.78, 5) is 29.9. The van der Waals surface area contributed by atoms with Gasteiger partial charge in [0.05, 0.1) is 28.5 Å². The Labute approximate surface area is 277 Å². The van der Waals surface area contributed by atoms with E-state index in [9.17, 15) is 14.7 Å². The van der Waals surface area contributed by atoms with Crippen LogP contribution in [0.4, 0.5) is 5.95 Å². The molecule has 0 atom stereocenters. The van der Waals surface area contributed by atoms with Gasteiger partial charge in [-0.2, -0.15) is 10.1 Å². The summed E-state index contributed by atoms with van der Waals surface area (Å²) in [5.41, 5.74) is 7.92. The molecule has 0 spiro atoms. The summed E-state index contributed by atoms with van der Waals surface area (Å²) < 4.78 is 9.97. The summed E-state index contributed by atoms with van der Waals surface area (Å²) in [5.74, 6) is -0.358. The van der Waals surface area contributed by atoms with Crippen molar-refractivity contribution >= 4 is 52.3 Å². The minimum absolute atomic E-state index is 0.224. The fraction of sp³-hybridized carbons (Fsp3) is 0.364. The number of nitrogens with one attached hydrogen (secondary N) is 1. The molecule has 5 rings (SSSR count). The Morgan fingerprint density at radius 3 is 2.43 bits per heavy atom. The van der Waals surface area contributed by atoms with E-state index in [1.807, 2.05) is 68.3 Å². The Kier molecular flexibility index (Phi) is 9.74. The Morgan fingerprint density at radius 2 is 1.83 bits per heavy atom. The number of aromatic amines is 1. The molecule has 0 aliphatic rings. The van der Waals surface area contributed by atoms with E-state index in [1.165, 1.54) is 0 Å². The molecule has 0 aliphatic heterocycles. The van der Waals surface area contributed by atoms with Crippen molar-refractivity contribution in [3.63, 3.8) is 0 Å². The van der Waals surface area contributed by atoms with Crippen LogP contribution in [0.25, 0.3) is 22.0 Å². The predicted octanol–water partition coefficient (Wildman–Crippen LogP) is 6.75. The molecule has 11 nitrogen and oxygen atoms in total. The van der Waals surface area contributed by atoms with E-state index < -0.39 is 5.97 Å². The van der Waals surface area contributed by atoms with Gasteiger partial charge in [-0.3, -0.25) is 14.6 Å². The molecule has 0 saturated heterocycles. The highest BCUT2D eigenvalue weighted by Crippen LogP contribution is 2.42. The zero-order valence-electron chi connectivity index (χ0n) is 26.7. The normalized spacial score (nSPS) is 11.4. The van der Waals surface area contributed by atoms with E-state index in [0.29, 0.717) is 49.7 Å². The van der Waals surface area contributed by atoms with Crippen molar-refractivity contribution in [1.82, 2.24) is 29.5 Å². The lowest BCUT2D eigenvalue weighted by atomic mass is 9.98. The molecule has 0 fully saturated rings. The van der Waals surface area contributed by atoms with Gasteiger partial charge in [0, 0.05) is 54.4 Å². The maximum Gasteiger partial charge on any atom is 0.373 e. The highest BCUT2D eigenvalue weighted by Gasteiger charge is 2.25. The molecule has 0 saturated carbocycles. The summed E-state index contributed by atoms with van der Waals surface area (Å²) in [5, 5.41) is 22.6. The van der Waals surface area contributed by atoms with E-state index in [2.05, 4.69) is 20.3 Å². The number of hydrogen-bond donors (Lipinski definition) is 2. The van der Waals surface area contributed by atoms with E-state index in [4.69, 9.17) is 27.9 Å². The molecule has 3 heterocycles. The van der Waals surface area contributed by atoms with Crippen molar-refractivity contribution in [2.45, 2.75) is 53.5 Å². The molecule has 5 aromatic rings. The minimum atomic E-state index is -1.18. The number of carboxylic acids is 1. The summed E-state index contributed by atoms with van der Waals surface area (Å²) in [6.07, 6.45) is 2.83. The number of carbonyl (C=O) groups is 2. The zero-order valence-corrected chi connectivity index (χ0v) is 28.3. The first kappa shape index (κ1) is 33.0. The number of carboxylic acid groups (broad SMARTS) is 1. The van der Waals surface area contributed by atoms with Gasteiger partial charge in [-0.15, -0.1) is 5.10 Å². The zero-order chi connectivity index (χ0) is 33.3. The third kappa shape index (κ3) is 6.34. The second kappa shape index (κ2) is 13.6. The van der Waals surface area contributed by atoms with Crippen LogP contribution in [0.3, 0.4) is 0 Å².